The van der Waals surface area contributed by atoms with E-state index in [0.29, 0.717) is 44.0 Å². The van der Waals surface area contributed by atoms with E-state index in [-0.39, 0.29) is 6.54 Å². The monoisotopic (exact) mass is 422 g/mol. The zero-order chi connectivity index (χ0) is 20.3. The lowest BCUT2D eigenvalue weighted by molar-refractivity contribution is 0.122. The molecule has 0 bridgehead atoms. The van der Waals surface area contributed by atoms with Crippen molar-refractivity contribution in [1.82, 2.24) is 19.7 Å². The van der Waals surface area contributed by atoms with Gasteiger partial charge < -0.3 is 14.5 Å². The van der Waals surface area contributed by atoms with E-state index in [1.165, 1.54) is 18.2 Å². The van der Waals surface area contributed by atoms with Crippen LogP contribution in [0.25, 0.3) is 0 Å². The minimum Gasteiger partial charge on any atom is -0.378 e. The number of aromatic nitrogens is 3. The van der Waals surface area contributed by atoms with Crippen LogP contribution in [0.1, 0.15) is 18.7 Å². The van der Waals surface area contributed by atoms with E-state index >= 15 is 0 Å². The number of rotatable bonds is 6. The Hall–Kier alpha value is -2.37. The minimum absolute atomic E-state index is 0.155. The molecule has 1 aromatic heterocycles. The second-order valence-corrected chi connectivity index (χ2v) is 8.64. The number of sulfonamides is 1. The standard InChI is InChI=1S/C18H23FN6O3S/c19-14-5-1-2-6-15(14)29(26,27)20-13-16-21-17(24-7-3-4-8-24)23-18(22-16)25-9-11-28-12-10-25/h1-2,5-6,20H,3-4,7-13H2. The number of nitrogens with one attached hydrogen (secondary N) is 1. The third kappa shape index (κ3) is 4.62. The Bertz CT molecular complexity index is 962. The summed E-state index contributed by atoms with van der Waals surface area (Å²) in [6.45, 7) is 4.03. The van der Waals surface area contributed by atoms with E-state index in [1.54, 1.807) is 0 Å². The lowest BCUT2D eigenvalue weighted by atomic mass is 10.4. The molecule has 0 unspecified atom stereocenters. The average molecular weight is 422 g/mol. The van der Waals surface area contributed by atoms with Crippen LogP contribution in [0, 0.1) is 5.82 Å². The molecule has 0 saturated carbocycles. The van der Waals surface area contributed by atoms with Gasteiger partial charge in [0.15, 0.2) is 5.82 Å². The molecule has 156 valence electrons. The molecule has 11 heteroatoms. The van der Waals surface area contributed by atoms with E-state index in [9.17, 15) is 12.8 Å². The Kier molecular flexibility index (Phi) is 5.88. The molecular formula is C18H23FN6O3S. The summed E-state index contributed by atoms with van der Waals surface area (Å²) < 4.78 is 46.7. The lowest BCUT2D eigenvalue weighted by Gasteiger charge is -2.28. The Morgan fingerprint density at radius 1 is 0.966 bits per heavy atom. The van der Waals surface area contributed by atoms with Gasteiger partial charge in [0.25, 0.3) is 0 Å². The van der Waals surface area contributed by atoms with E-state index in [0.717, 1.165) is 32.0 Å². The highest BCUT2D eigenvalue weighted by molar-refractivity contribution is 7.89. The smallest absolute Gasteiger partial charge is 0.243 e. The topological polar surface area (TPSA) is 101 Å². The predicted molar refractivity (Wildman–Crippen MR) is 105 cm³/mol. The Balaban J connectivity index is 1.58. The Morgan fingerprint density at radius 2 is 1.59 bits per heavy atom. The molecule has 1 aromatic carbocycles. The van der Waals surface area contributed by atoms with Crippen LogP contribution in [0.5, 0.6) is 0 Å². The van der Waals surface area contributed by atoms with Gasteiger partial charge in [0.1, 0.15) is 10.7 Å². The van der Waals surface area contributed by atoms with Crippen molar-refractivity contribution in [3.8, 4) is 0 Å². The molecule has 0 amide bonds. The molecule has 0 spiro atoms. The van der Waals surface area contributed by atoms with Crippen LogP contribution in [0.3, 0.4) is 0 Å². The number of hydrogen-bond acceptors (Lipinski definition) is 8. The summed E-state index contributed by atoms with van der Waals surface area (Å²) in [4.78, 5) is 17.2. The summed E-state index contributed by atoms with van der Waals surface area (Å²) in [6, 6.07) is 5.25. The highest BCUT2D eigenvalue weighted by atomic mass is 32.2. The van der Waals surface area contributed by atoms with Gasteiger partial charge in [-0.2, -0.15) is 15.0 Å². The third-order valence-electron chi connectivity index (χ3n) is 4.89. The van der Waals surface area contributed by atoms with Crippen molar-refractivity contribution in [3.05, 3.63) is 35.9 Å². The van der Waals surface area contributed by atoms with Crippen LogP contribution in [-0.2, 0) is 21.3 Å². The van der Waals surface area contributed by atoms with Crippen molar-refractivity contribution < 1.29 is 17.5 Å². The van der Waals surface area contributed by atoms with Gasteiger partial charge in [0.2, 0.25) is 21.9 Å². The summed E-state index contributed by atoms with van der Waals surface area (Å²) in [5.74, 6) is 0.537. The molecule has 2 aromatic rings. The number of nitrogens with zero attached hydrogens (tertiary/aromatic N) is 5. The predicted octanol–water partition coefficient (Wildman–Crippen LogP) is 0.926. The SMILES string of the molecule is O=S(=O)(NCc1nc(N2CCCC2)nc(N2CCOCC2)n1)c1ccccc1F. The summed E-state index contributed by atoms with van der Waals surface area (Å²) in [5, 5.41) is 0. The molecule has 2 aliphatic heterocycles. The number of morpholine rings is 1. The molecule has 2 aliphatic rings. The van der Waals surface area contributed by atoms with Crippen molar-refractivity contribution in [3.63, 3.8) is 0 Å². The molecule has 0 radical (unpaired) electrons. The van der Waals surface area contributed by atoms with Crippen LogP contribution in [-0.4, -0.2) is 62.8 Å². The van der Waals surface area contributed by atoms with Gasteiger partial charge in [-0.1, -0.05) is 12.1 Å². The van der Waals surface area contributed by atoms with Gasteiger partial charge >= 0.3 is 0 Å². The van der Waals surface area contributed by atoms with E-state index in [2.05, 4.69) is 24.6 Å². The zero-order valence-electron chi connectivity index (χ0n) is 15.9. The van der Waals surface area contributed by atoms with Crippen LogP contribution in [0.4, 0.5) is 16.3 Å². The number of anilines is 2. The molecule has 9 nitrogen and oxygen atoms in total. The van der Waals surface area contributed by atoms with Crippen molar-refractivity contribution in [2.45, 2.75) is 24.3 Å². The maximum absolute atomic E-state index is 13.9. The lowest BCUT2D eigenvalue weighted by Crippen LogP contribution is -2.38. The van der Waals surface area contributed by atoms with Gasteiger partial charge in [-0.25, -0.2) is 17.5 Å². The maximum Gasteiger partial charge on any atom is 0.243 e. The highest BCUT2D eigenvalue weighted by Gasteiger charge is 2.23. The third-order valence-corrected chi connectivity index (χ3v) is 6.32. The second-order valence-electron chi connectivity index (χ2n) is 6.90. The van der Waals surface area contributed by atoms with Crippen molar-refractivity contribution in [2.24, 2.45) is 0 Å². The molecule has 0 aliphatic carbocycles. The van der Waals surface area contributed by atoms with Gasteiger partial charge in [-0.15, -0.1) is 0 Å². The number of halogens is 1. The molecule has 4 rings (SSSR count). The quantitative estimate of drug-likeness (QED) is 0.734. The summed E-state index contributed by atoms with van der Waals surface area (Å²) in [7, 11) is -4.03. The number of benzene rings is 1. The summed E-state index contributed by atoms with van der Waals surface area (Å²) in [6.07, 6.45) is 2.13. The molecule has 0 atom stereocenters. The van der Waals surface area contributed by atoms with Crippen molar-refractivity contribution >= 4 is 21.9 Å². The molecule has 2 fully saturated rings. The maximum atomic E-state index is 13.9. The summed E-state index contributed by atoms with van der Waals surface area (Å²) >= 11 is 0. The number of hydrogen-bond donors (Lipinski definition) is 1. The highest BCUT2D eigenvalue weighted by Crippen LogP contribution is 2.20. The Morgan fingerprint density at radius 3 is 2.24 bits per heavy atom. The van der Waals surface area contributed by atoms with E-state index in [1.807, 2.05) is 4.90 Å². The second kappa shape index (κ2) is 8.56. The molecule has 29 heavy (non-hydrogen) atoms. The minimum atomic E-state index is -4.03. The van der Waals surface area contributed by atoms with Crippen LogP contribution < -0.4 is 14.5 Å². The normalized spacial score (nSPS) is 17.7. The fourth-order valence-corrected chi connectivity index (χ4v) is 4.39. The fraction of sp³-hybridized carbons (Fsp3) is 0.500. The molecule has 1 N–H and O–H groups in total. The molecule has 3 heterocycles. The largest absolute Gasteiger partial charge is 0.378 e. The Labute approximate surface area is 169 Å². The van der Waals surface area contributed by atoms with Crippen LogP contribution >= 0.6 is 0 Å². The van der Waals surface area contributed by atoms with E-state index < -0.39 is 20.7 Å². The first kappa shape index (κ1) is 19.9. The van der Waals surface area contributed by atoms with E-state index in [4.69, 9.17) is 4.74 Å². The first-order valence-corrected chi connectivity index (χ1v) is 11.1. The first-order valence-electron chi connectivity index (χ1n) is 9.60. The summed E-state index contributed by atoms with van der Waals surface area (Å²) in [5.41, 5.74) is 0. The number of ether oxygens (including phenoxy) is 1. The fourth-order valence-electron chi connectivity index (χ4n) is 3.34. The van der Waals surface area contributed by atoms with Crippen LogP contribution in [0.2, 0.25) is 0 Å². The first-order chi connectivity index (χ1) is 14.0. The van der Waals surface area contributed by atoms with Crippen LogP contribution in [0.15, 0.2) is 29.2 Å². The molecule has 2 saturated heterocycles. The van der Waals surface area contributed by atoms with Gasteiger partial charge in [0.05, 0.1) is 19.8 Å². The van der Waals surface area contributed by atoms with Gasteiger partial charge in [-0.05, 0) is 25.0 Å². The van der Waals surface area contributed by atoms with Crippen molar-refractivity contribution in [2.75, 3.05) is 49.2 Å². The van der Waals surface area contributed by atoms with Crippen molar-refractivity contribution in [1.29, 1.82) is 0 Å². The molecular weight excluding hydrogens is 399 g/mol. The van der Waals surface area contributed by atoms with Gasteiger partial charge in [0, 0.05) is 26.2 Å². The zero-order valence-corrected chi connectivity index (χ0v) is 16.7. The average Bonchev–Trinajstić information content (AvgIpc) is 3.28. The van der Waals surface area contributed by atoms with Gasteiger partial charge in [-0.3, -0.25) is 0 Å².